The highest BCUT2D eigenvalue weighted by Gasteiger charge is 2.05. The van der Waals surface area contributed by atoms with Crippen LogP contribution in [0.4, 0.5) is 5.69 Å². The molecular formula is C12H11ClN6S. The molecular weight excluding hydrogens is 296 g/mol. The van der Waals surface area contributed by atoms with Crippen molar-refractivity contribution >= 4 is 28.6 Å². The Kier molecular flexibility index (Phi) is 3.62. The first-order valence-corrected chi connectivity index (χ1v) is 7.09. The number of halogens is 1. The van der Waals surface area contributed by atoms with E-state index in [1.165, 1.54) is 16.1 Å². The van der Waals surface area contributed by atoms with Crippen molar-refractivity contribution in [2.45, 2.75) is 6.54 Å². The number of anilines is 1. The van der Waals surface area contributed by atoms with Crippen LogP contribution in [0.25, 0.3) is 11.4 Å². The summed E-state index contributed by atoms with van der Waals surface area (Å²) in [6, 6.07) is 7.88. The Morgan fingerprint density at radius 1 is 1.40 bits per heavy atom. The van der Waals surface area contributed by atoms with Gasteiger partial charge in [0.05, 0.1) is 13.6 Å². The summed E-state index contributed by atoms with van der Waals surface area (Å²) >= 11 is 7.27. The lowest BCUT2D eigenvalue weighted by molar-refractivity contribution is 0.630. The van der Waals surface area contributed by atoms with E-state index >= 15 is 0 Å². The van der Waals surface area contributed by atoms with Gasteiger partial charge in [-0.15, -0.1) is 21.5 Å². The van der Waals surface area contributed by atoms with Gasteiger partial charge < -0.3 is 5.32 Å². The van der Waals surface area contributed by atoms with E-state index in [-0.39, 0.29) is 0 Å². The predicted octanol–water partition coefficient (Wildman–Crippen LogP) is 2.60. The van der Waals surface area contributed by atoms with Crippen molar-refractivity contribution in [3.63, 3.8) is 0 Å². The predicted molar refractivity (Wildman–Crippen MR) is 78.7 cm³/mol. The Balaban J connectivity index is 1.74. The molecule has 3 aromatic rings. The normalized spacial score (nSPS) is 10.7. The minimum atomic E-state index is 0.555. The number of aryl methyl sites for hydroxylation is 1. The average Bonchev–Trinajstić information content (AvgIpc) is 3.06. The molecule has 2 aromatic heterocycles. The van der Waals surface area contributed by atoms with Crippen molar-refractivity contribution in [1.82, 2.24) is 25.2 Å². The lowest BCUT2D eigenvalue weighted by atomic mass is 10.2. The molecule has 0 aliphatic rings. The van der Waals surface area contributed by atoms with Crippen molar-refractivity contribution in [3.05, 3.63) is 39.8 Å². The Labute approximate surface area is 124 Å². The highest BCUT2D eigenvalue weighted by molar-refractivity contribution is 7.15. The van der Waals surface area contributed by atoms with Crippen LogP contribution in [0.5, 0.6) is 0 Å². The molecule has 0 radical (unpaired) electrons. The SMILES string of the molecule is Cn1nnc(-c2cccc(NCc3cnc(Cl)s3)c2)n1. The average molecular weight is 307 g/mol. The van der Waals surface area contributed by atoms with Gasteiger partial charge in [0, 0.05) is 22.3 Å². The maximum Gasteiger partial charge on any atom is 0.204 e. The standard InChI is InChI=1S/C12H11ClN6S/c1-19-17-11(16-18-19)8-3-2-4-9(5-8)14-6-10-7-15-12(13)20-10/h2-5,7,14H,6H2,1H3. The van der Waals surface area contributed by atoms with E-state index in [0.29, 0.717) is 16.8 Å². The van der Waals surface area contributed by atoms with Crippen LogP contribution in [0.1, 0.15) is 4.88 Å². The summed E-state index contributed by atoms with van der Waals surface area (Å²) in [5.74, 6) is 0.608. The zero-order valence-electron chi connectivity index (χ0n) is 10.6. The largest absolute Gasteiger partial charge is 0.380 e. The molecule has 0 aliphatic heterocycles. The zero-order chi connectivity index (χ0) is 13.9. The molecule has 20 heavy (non-hydrogen) atoms. The lowest BCUT2D eigenvalue weighted by Crippen LogP contribution is -1.97. The number of rotatable bonds is 4. The third-order valence-electron chi connectivity index (χ3n) is 2.62. The summed E-state index contributed by atoms with van der Waals surface area (Å²) in [6.07, 6.45) is 1.77. The van der Waals surface area contributed by atoms with Crippen molar-refractivity contribution in [3.8, 4) is 11.4 Å². The first-order valence-electron chi connectivity index (χ1n) is 5.89. The number of nitrogens with zero attached hydrogens (tertiary/aromatic N) is 5. The van der Waals surface area contributed by atoms with Crippen LogP contribution >= 0.6 is 22.9 Å². The topological polar surface area (TPSA) is 68.5 Å². The van der Waals surface area contributed by atoms with Gasteiger partial charge in [0.15, 0.2) is 4.47 Å². The van der Waals surface area contributed by atoms with Gasteiger partial charge in [0.1, 0.15) is 0 Å². The van der Waals surface area contributed by atoms with Crippen LogP contribution in [-0.4, -0.2) is 25.2 Å². The highest BCUT2D eigenvalue weighted by Crippen LogP contribution is 2.21. The number of benzene rings is 1. The monoisotopic (exact) mass is 306 g/mol. The molecule has 6 nitrogen and oxygen atoms in total. The summed E-state index contributed by atoms with van der Waals surface area (Å²) in [7, 11) is 1.74. The van der Waals surface area contributed by atoms with Gasteiger partial charge in [0.2, 0.25) is 5.82 Å². The second-order valence-corrected chi connectivity index (χ2v) is 5.81. The second kappa shape index (κ2) is 5.56. The van der Waals surface area contributed by atoms with E-state index in [1.54, 1.807) is 13.2 Å². The molecule has 1 aromatic carbocycles. The molecule has 0 fully saturated rings. The summed E-state index contributed by atoms with van der Waals surface area (Å²) < 4.78 is 0.555. The third-order valence-corrected chi connectivity index (χ3v) is 3.74. The zero-order valence-corrected chi connectivity index (χ0v) is 12.2. The molecule has 0 spiro atoms. The van der Waals surface area contributed by atoms with Gasteiger partial charge >= 0.3 is 0 Å². The van der Waals surface area contributed by atoms with Gasteiger partial charge in [0.25, 0.3) is 0 Å². The Morgan fingerprint density at radius 3 is 3.00 bits per heavy atom. The first kappa shape index (κ1) is 13.0. The molecule has 0 saturated carbocycles. The van der Waals surface area contributed by atoms with Crippen LogP contribution < -0.4 is 5.32 Å². The van der Waals surface area contributed by atoms with E-state index < -0.39 is 0 Å². The molecule has 0 aliphatic carbocycles. The second-order valence-electron chi connectivity index (χ2n) is 4.12. The quantitative estimate of drug-likeness (QED) is 0.802. The van der Waals surface area contributed by atoms with Crippen LogP contribution in [0, 0.1) is 0 Å². The van der Waals surface area contributed by atoms with E-state index in [2.05, 4.69) is 25.7 Å². The summed E-state index contributed by atoms with van der Waals surface area (Å²) in [6.45, 7) is 0.682. The van der Waals surface area contributed by atoms with Crippen LogP contribution in [0.2, 0.25) is 4.47 Å². The van der Waals surface area contributed by atoms with Crippen molar-refractivity contribution in [2.24, 2.45) is 7.05 Å². The van der Waals surface area contributed by atoms with Crippen molar-refractivity contribution < 1.29 is 0 Å². The fourth-order valence-electron chi connectivity index (χ4n) is 1.72. The Bertz CT molecular complexity index is 722. The molecule has 8 heteroatoms. The lowest BCUT2D eigenvalue weighted by Gasteiger charge is -2.05. The summed E-state index contributed by atoms with van der Waals surface area (Å²) in [5.41, 5.74) is 1.91. The minimum Gasteiger partial charge on any atom is -0.380 e. The van der Waals surface area contributed by atoms with E-state index in [9.17, 15) is 0 Å². The molecule has 0 amide bonds. The molecule has 2 heterocycles. The molecule has 0 bridgehead atoms. The highest BCUT2D eigenvalue weighted by atomic mass is 35.5. The van der Waals surface area contributed by atoms with Gasteiger partial charge in [-0.2, -0.15) is 4.80 Å². The van der Waals surface area contributed by atoms with E-state index in [0.717, 1.165) is 16.1 Å². The van der Waals surface area contributed by atoms with Crippen molar-refractivity contribution in [1.29, 1.82) is 0 Å². The van der Waals surface area contributed by atoms with E-state index in [1.807, 2.05) is 24.3 Å². The molecule has 1 N–H and O–H groups in total. The number of thiazole rings is 1. The third kappa shape index (κ3) is 2.94. The maximum atomic E-state index is 5.80. The molecule has 0 saturated heterocycles. The molecule has 0 atom stereocenters. The molecule has 3 rings (SSSR count). The van der Waals surface area contributed by atoms with Gasteiger partial charge in [-0.1, -0.05) is 23.7 Å². The van der Waals surface area contributed by atoms with Crippen LogP contribution in [0.3, 0.4) is 0 Å². The molecule has 102 valence electrons. The number of aromatic nitrogens is 5. The van der Waals surface area contributed by atoms with Gasteiger partial charge in [-0.3, -0.25) is 0 Å². The first-order chi connectivity index (χ1) is 9.70. The van der Waals surface area contributed by atoms with Gasteiger partial charge in [-0.25, -0.2) is 4.98 Å². The van der Waals surface area contributed by atoms with E-state index in [4.69, 9.17) is 11.6 Å². The number of nitrogens with one attached hydrogen (secondary N) is 1. The molecule has 0 unspecified atom stereocenters. The summed E-state index contributed by atoms with van der Waals surface area (Å²) in [5, 5.41) is 15.3. The Hall–Kier alpha value is -1.99. The number of tetrazole rings is 1. The maximum absolute atomic E-state index is 5.80. The Morgan fingerprint density at radius 2 is 2.30 bits per heavy atom. The van der Waals surface area contributed by atoms with Crippen LogP contribution in [0.15, 0.2) is 30.5 Å². The fraction of sp³-hybridized carbons (Fsp3) is 0.167. The summed E-state index contributed by atoms with van der Waals surface area (Å²) in [4.78, 5) is 6.53. The van der Waals surface area contributed by atoms with Crippen LogP contribution in [-0.2, 0) is 13.6 Å². The smallest absolute Gasteiger partial charge is 0.204 e. The minimum absolute atomic E-state index is 0.555. The van der Waals surface area contributed by atoms with Crippen molar-refractivity contribution in [2.75, 3.05) is 5.32 Å². The number of hydrogen-bond acceptors (Lipinski definition) is 6. The van der Waals surface area contributed by atoms with Gasteiger partial charge in [-0.05, 0) is 17.3 Å². The number of hydrogen-bond donors (Lipinski definition) is 1. The fourth-order valence-corrected chi connectivity index (χ4v) is 2.64.